The summed E-state index contributed by atoms with van der Waals surface area (Å²) >= 11 is 5.77. The van der Waals surface area contributed by atoms with Crippen molar-refractivity contribution in [1.82, 2.24) is 5.32 Å². The zero-order valence-electron chi connectivity index (χ0n) is 10.5. The predicted molar refractivity (Wildman–Crippen MR) is 73.2 cm³/mol. The van der Waals surface area contributed by atoms with Crippen LogP contribution in [0.5, 0.6) is 0 Å². The molecular formula is C13H17ClN2O3. The van der Waals surface area contributed by atoms with E-state index in [-0.39, 0.29) is 17.3 Å². The van der Waals surface area contributed by atoms with E-state index in [1.165, 1.54) is 6.07 Å². The van der Waals surface area contributed by atoms with E-state index in [4.69, 9.17) is 11.6 Å². The number of hydrogen-bond donors (Lipinski definition) is 2. The summed E-state index contributed by atoms with van der Waals surface area (Å²) in [5, 5.41) is 23.6. The molecule has 1 saturated carbocycles. The van der Waals surface area contributed by atoms with Gasteiger partial charge in [-0.05, 0) is 30.4 Å². The van der Waals surface area contributed by atoms with Gasteiger partial charge in [-0.3, -0.25) is 10.1 Å². The molecule has 0 amide bonds. The third kappa shape index (κ3) is 3.43. The fourth-order valence-corrected chi connectivity index (χ4v) is 2.77. The van der Waals surface area contributed by atoms with E-state index >= 15 is 0 Å². The van der Waals surface area contributed by atoms with Crippen LogP contribution in [0, 0.1) is 16.0 Å². The number of aliphatic hydroxyl groups is 1. The van der Waals surface area contributed by atoms with Crippen molar-refractivity contribution in [3.05, 3.63) is 38.9 Å². The molecule has 0 spiro atoms. The van der Waals surface area contributed by atoms with Gasteiger partial charge < -0.3 is 10.4 Å². The maximum absolute atomic E-state index is 10.8. The van der Waals surface area contributed by atoms with Crippen LogP contribution in [0.25, 0.3) is 0 Å². The molecule has 6 heteroatoms. The molecule has 0 radical (unpaired) electrons. The van der Waals surface area contributed by atoms with Gasteiger partial charge in [-0.15, -0.1) is 0 Å². The monoisotopic (exact) mass is 284 g/mol. The number of nitro groups is 1. The fourth-order valence-electron chi connectivity index (χ4n) is 2.58. The molecule has 1 aromatic carbocycles. The van der Waals surface area contributed by atoms with Gasteiger partial charge in [0.1, 0.15) is 5.02 Å². The highest BCUT2D eigenvalue weighted by Crippen LogP contribution is 2.27. The smallest absolute Gasteiger partial charge is 0.288 e. The van der Waals surface area contributed by atoms with Crippen molar-refractivity contribution < 1.29 is 10.0 Å². The van der Waals surface area contributed by atoms with Gasteiger partial charge in [-0.1, -0.05) is 24.1 Å². The number of aliphatic hydroxyl groups excluding tert-OH is 1. The maximum atomic E-state index is 10.8. The van der Waals surface area contributed by atoms with Crippen LogP contribution < -0.4 is 5.32 Å². The van der Waals surface area contributed by atoms with Gasteiger partial charge in [0.15, 0.2) is 0 Å². The first kappa shape index (κ1) is 14.2. The second-order valence-corrected chi connectivity index (χ2v) is 5.31. The normalized spacial score (nSPS) is 22.6. The molecule has 2 atom stereocenters. The molecule has 0 aromatic heterocycles. The third-order valence-corrected chi connectivity index (χ3v) is 3.99. The lowest BCUT2D eigenvalue weighted by Gasteiger charge is -2.19. The first-order chi connectivity index (χ1) is 9.11. The highest BCUT2D eigenvalue weighted by Gasteiger charge is 2.26. The van der Waals surface area contributed by atoms with Gasteiger partial charge in [-0.2, -0.15) is 0 Å². The Morgan fingerprint density at radius 1 is 1.47 bits per heavy atom. The number of halogens is 1. The zero-order chi connectivity index (χ0) is 13.8. The molecule has 1 aliphatic carbocycles. The van der Waals surface area contributed by atoms with E-state index in [0.29, 0.717) is 18.5 Å². The number of nitro benzene ring substituents is 1. The first-order valence-electron chi connectivity index (χ1n) is 6.39. The summed E-state index contributed by atoms with van der Waals surface area (Å²) in [6, 6.07) is 5.12. The Morgan fingerprint density at radius 2 is 2.26 bits per heavy atom. The van der Waals surface area contributed by atoms with Crippen LogP contribution in [0.2, 0.25) is 5.02 Å². The van der Waals surface area contributed by atoms with Crippen molar-refractivity contribution in [2.45, 2.75) is 31.8 Å². The van der Waals surface area contributed by atoms with E-state index in [9.17, 15) is 15.2 Å². The second kappa shape index (κ2) is 6.32. The van der Waals surface area contributed by atoms with Crippen LogP contribution >= 0.6 is 11.6 Å². The van der Waals surface area contributed by atoms with Crippen molar-refractivity contribution in [2.75, 3.05) is 6.61 Å². The number of benzene rings is 1. The molecule has 0 aliphatic heterocycles. The van der Waals surface area contributed by atoms with Crippen LogP contribution in [0.4, 0.5) is 5.69 Å². The number of hydrogen-bond acceptors (Lipinski definition) is 4. The predicted octanol–water partition coefficient (Wildman–Crippen LogP) is 2.50. The van der Waals surface area contributed by atoms with Crippen molar-refractivity contribution in [2.24, 2.45) is 5.92 Å². The molecule has 2 rings (SSSR count). The van der Waals surface area contributed by atoms with Gasteiger partial charge in [0.2, 0.25) is 0 Å². The summed E-state index contributed by atoms with van der Waals surface area (Å²) in [5.74, 6) is 0.294. The van der Waals surface area contributed by atoms with Crippen molar-refractivity contribution in [3.63, 3.8) is 0 Å². The van der Waals surface area contributed by atoms with Crippen molar-refractivity contribution in [3.8, 4) is 0 Å². The lowest BCUT2D eigenvalue weighted by atomic mass is 10.0. The molecule has 104 valence electrons. The van der Waals surface area contributed by atoms with Crippen LogP contribution in [-0.2, 0) is 6.54 Å². The quantitative estimate of drug-likeness (QED) is 0.643. The first-order valence-corrected chi connectivity index (χ1v) is 6.76. The molecule has 2 unspecified atom stereocenters. The van der Waals surface area contributed by atoms with E-state index in [1.54, 1.807) is 12.1 Å². The molecule has 5 nitrogen and oxygen atoms in total. The summed E-state index contributed by atoms with van der Waals surface area (Å²) in [5.41, 5.74) is 0.769. The van der Waals surface area contributed by atoms with Crippen LogP contribution in [0.3, 0.4) is 0 Å². The molecule has 1 aromatic rings. The topological polar surface area (TPSA) is 75.4 Å². The molecule has 2 N–H and O–H groups in total. The summed E-state index contributed by atoms with van der Waals surface area (Å²) in [6.07, 6.45) is 3.19. The SMILES string of the molecule is O=[N+]([O-])c1cc(CNC2CCCC2CO)ccc1Cl. The summed E-state index contributed by atoms with van der Waals surface area (Å²) in [6.45, 7) is 0.748. The maximum Gasteiger partial charge on any atom is 0.288 e. The molecular weight excluding hydrogens is 268 g/mol. The molecule has 0 heterocycles. The highest BCUT2D eigenvalue weighted by atomic mass is 35.5. The molecule has 0 bridgehead atoms. The van der Waals surface area contributed by atoms with Crippen molar-refractivity contribution >= 4 is 17.3 Å². The third-order valence-electron chi connectivity index (χ3n) is 3.67. The standard InChI is InChI=1S/C13H17ClN2O3/c14-11-5-4-9(6-13(11)16(18)19)7-15-12-3-1-2-10(12)8-17/h4-6,10,12,15,17H,1-3,7-8H2. The van der Waals surface area contributed by atoms with Gasteiger partial charge in [0.05, 0.1) is 4.92 Å². The average molecular weight is 285 g/mol. The number of nitrogens with one attached hydrogen (secondary N) is 1. The van der Waals surface area contributed by atoms with Crippen LogP contribution in [0.1, 0.15) is 24.8 Å². The fraction of sp³-hybridized carbons (Fsp3) is 0.538. The Bertz CT molecular complexity index is 467. The Kier molecular flexibility index (Phi) is 4.74. The Hall–Kier alpha value is -1.17. The molecule has 1 aliphatic rings. The van der Waals surface area contributed by atoms with Gasteiger partial charge in [0, 0.05) is 25.3 Å². The van der Waals surface area contributed by atoms with Gasteiger partial charge in [-0.25, -0.2) is 0 Å². The van der Waals surface area contributed by atoms with Gasteiger partial charge in [0.25, 0.3) is 5.69 Å². The van der Waals surface area contributed by atoms with E-state index in [1.807, 2.05) is 0 Å². The van der Waals surface area contributed by atoms with Crippen LogP contribution in [0.15, 0.2) is 18.2 Å². The summed E-state index contributed by atoms with van der Waals surface area (Å²) < 4.78 is 0. The van der Waals surface area contributed by atoms with Crippen LogP contribution in [-0.4, -0.2) is 22.7 Å². The zero-order valence-corrected chi connectivity index (χ0v) is 11.3. The number of rotatable bonds is 5. The summed E-state index contributed by atoms with van der Waals surface area (Å²) in [7, 11) is 0. The van der Waals surface area contributed by atoms with E-state index in [0.717, 1.165) is 24.8 Å². The average Bonchev–Trinajstić information content (AvgIpc) is 2.84. The number of nitrogens with zero attached hydrogens (tertiary/aromatic N) is 1. The largest absolute Gasteiger partial charge is 0.396 e. The van der Waals surface area contributed by atoms with Gasteiger partial charge >= 0.3 is 0 Å². The summed E-state index contributed by atoms with van der Waals surface area (Å²) in [4.78, 5) is 10.3. The van der Waals surface area contributed by atoms with E-state index < -0.39 is 4.92 Å². The Morgan fingerprint density at radius 3 is 2.95 bits per heavy atom. The minimum atomic E-state index is -0.474. The second-order valence-electron chi connectivity index (χ2n) is 4.90. The molecule has 19 heavy (non-hydrogen) atoms. The molecule has 0 saturated heterocycles. The Balaban J connectivity index is 2.00. The molecule has 1 fully saturated rings. The lowest BCUT2D eigenvalue weighted by molar-refractivity contribution is -0.384. The van der Waals surface area contributed by atoms with Crippen molar-refractivity contribution in [1.29, 1.82) is 0 Å². The highest BCUT2D eigenvalue weighted by molar-refractivity contribution is 6.32. The lowest BCUT2D eigenvalue weighted by Crippen LogP contribution is -2.33. The minimum Gasteiger partial charge on any atom is -0.396 e. The minimum absolute atomic E-state index is 0.0638. The van der Waals surface area contributed by atoms with E-state index in [2.05, 4.69) is 5.32 Å². The Labute approximate surface area is 116 Å².